The summed E-state index contributed by atoms with van der Waals surface area (Å²) in [4.78, 5) is 4.71. The first kappa shape index (κ1) is 27.0. The van der Waals surface area contributed by atoms with Crippen LogP contribution in [-0.2, 0) is 17.3 Å². The topological polar surface area (TPSA) is 72.0 Å². The first-order valence-electron chi connectivity index (χ1n) is 10.6. The molecule has 1 aromatic rings. The SMILES string of the molecule is CCNC(=NCc1ccc(OC)cc1OC1CCCC1)NCCS(=O)C(C)(C)C.I. The molecular formula is C22H38IN3O3S. The third-order valence-corrected chi connectivity index (χ3v) is 6.83. The van der Waals surface area contributed by atoms with E-state index in [1.54, 1.807) is 7.11 Å². The molecule has 0 amide bonds. The van der Waals surface area contributed by atoms with Crippen LogP contribution in [0.15, 0.2) is 23.2 Å². The Kier molecular flexibility index (Phi) is 12.1. The molecule has 0 radical (unpaired) electrons. The molecule has 0 aliphatic heterocycles. The van der Waals surface area contributed by atoms with Gasteiger partial charge in [0.05, 0.1) is 19.8 Å². The Bertz CT molecular complexity index is 701. The van der Waals surface area contributed by atoms with Crippen molar-refractivity contribution in [2.24, 2.45) is 4.99 Å². The van der Waals surface area contributed by atoms with E-state index in [9.17, 15) is 4.21 Å². The fourth-order valence-corrected chi connectivity index (χ4v) is 4.06. The zero-order valence-corrected chi connectivity index (χ0v) is 22.1. The zero-order chi connectivity index (χ0) is 21.3. The Balaban J connectivity index is 0.00000450. The molecule has 1 saturated carbocycles. The number of aliphatic imine (C=N–C) groups is 1. The summed E-state index contributed by atoms with van der Waals surface area (Å²) in [5.41, 5.74) is 1.04. The summed E-state index contributed by atoms with van der Waals surface area (Å²) in [5.74, 6) is 2.96. The van der Waals surface area contributed by atoms with Gasteiger partial charge in [-0.1, -0.05) is 0 Å². The van der Waals surface area contributed by atoms with Gasteiger partial charge < -0.3 is 20.1 Å². The molecule has 0 saturated heterocycles. The lowest BCUT2D eigenvalue weighted by Gasteiger charge is -2.19. The number of hydrogen-bond donors (Lipinski definition) is 2. The molecular weight excluding hydrogens is 513 g/mol. The molecule has 1 atom stereocenters. The molecule has 0 aromatic heterocycles. The van der Waals surface area contributed by atoms with Crippen molar-refractivity contribution in [2.45, 2.75) is 70.8 Å². The maximum atomic E-state index is 12.2. The molecule has 0 bridgehead atoms. The highest BCUT2D eigenvalue weighted by molar-refractivity contribution is 14.0. The average molecular weight is 552 g/mol. The van der Waals surface area contributed by atoms with Gasteiger partial charge in [-0.15, -0.1) is 24.0 Å². The minimum atomic E-state index is -0.887. The van der Waals surface area contributed by atoms with Gasteiger partial charge in [0.1, 0.15) is 11.5 Å². The molecule has 6 nitrogen and oxygen atoms in total. The quantitative estimate of drug-likeness (QED) is 0.273. The lowest BCUT2D eigenvalue weighted by atomic mass is 10.2. The molecule has 8 heteroatoms. The van der Waals surface area contributed by atoms with E-state index >= 15 is 0 Å². The lowest BCUT2D eigenvalue weighted by Crippen LogP contribution is -2.40. The highest BCUT2D eigenvalue weighted by Crippen LogP contribution is 2.30. The standard InChI is InChI=1S/C22H37N3O3S.HI/c1-6-23-21(24-13-14-29(26)22(2,3)4)25-16-17-11-12-19(27-5)15-20(17)28-18-9-7-8-10-18;/h11-12,15,18H,6-10,13-14,16H2,1-5H3,(H2,23,24,25);1H. The first-order chi connectivity index (χ1) is 13.8. The summed E-state index contributed by atoms with van der Waals surface area (Å²) in [6.07, 6.45) is 4.95. The van der Waals surface area contributed by atoms with Crippen molar-refractivity contribution in [2.75, 3.05) is 26.0 Å². The van der Waals surface area contributed by atoms with Crippen LogP contribution in [-0.4, -0.2) is 47.0 Å². The summed E-state index contributed by atoms with van der Waals surface area (Å²) >= 11 is 0. The Labute approximate surface area is 201 Å². The van der Waals surface area contributed by atoms with Crippen molar-refractivity contribution in [1.82, 2.24) is 10.6 Å². The highest BCUT2D eigenvalue weighted by atomic mass is 127. The number of methoxy groups -OCH3 is 1. The summed E-state index contributed by atoms with van der Waals surface area (Å²) in [7, 11) is 0.781. The minimum absolute atomic E-state index is 0. The average Bonchev–Trinajstić information content (AvgIpc) is 3.19. The Morgan fingerprint density at radius 2 is 1.93 bits per heavy atom. The maximum absolute atomic E-state index is 12.2. The monoisotopic (exact) mass is 551 g/mol. The molecule has 1 aromatic carbocycles. The predicted octanol–water partition coefficient (Wildman–Crippen LogP) is 4.24. The van der Waals surface area contributed by atoms with Gasteiger partial charge in [0.25, 0.3) is 0 Å². The normalized spacial score (nSPS) is 16.0. The van der Waals surface area contributed by atoms with E-state index in [0.29, 0.717) is 18.8 Å². The number of nitrogens with zero attached hydrogens (tertiary/aromatic N) is 1. The van der Waals surface area contributed by atoms with E-state index in [4.69, 9.17) is 14.5 Å². The van der Waals surface area contributed by atoms with E-state index < -0.39 is 10.8 Å². The Morgan fingerprint density at radius 3 is 2.53 bits per heavy atom. The van der Waals surface area contributed by atoms with Crippen LogP contribution in [0.1, 0.15) is 58.9 Å². The molecule has 1 unspecified atom stereocenters. The van der Waals surface area contributed by atoms with Gasteiger partial charge in [-0.25, -0.2) is 4.99 Å². The maximum Gasteiger partial charge on any atom is 0.191 e. The van der Waals surface area contributed by atoms with Crippen LogP contribution >= 0.6 is 24.0 Å². The first-order valence-corrected chi connectivity index (χ1v) is 11.9. The van der Waals surface area contributed by atoms with Gasteiger partial charge in [0.2, 0.25) is 0 Å². The second-order valence-electron chi connectivity index (χ2n) is 8.28. The van der Waals surface area contributed by atoms with E-state index in [2.05, 4.69) is 10.6 Å². The highest BCUT2D eigenvalue weighted by Gasteiger charge is 2.19. The van der Waals surface area contributed by atoms with Crippen LogP contribution in [0.25, 0.3) is 0 Å². The van der Waals surface area contributed by atoms with Gasteiger partial charge in [-0.3, -0.25) is 4.21 Å². The molecule has 30 heavy (non-hydrogen) atoms. The number of guanidine groups is 1. The van der Waals surface area contributed by atoms with E-state index in [1.165, 1.54) is 12.8 Å². The minimum Gasteiger partial charge on any atom is -0.497 e. The molecule has 1 aliphatic carbocycles. The number of ether oxygens (including phenoxy) is 2. The van der Waals surface area contributed by atoms with Crippen molar-refractivity contribution in [3.63, 3.8) is 0 Å². The molecule has 0 spiro atoms. The molecule has 1 fully saturated rings. The van der Waals surface area contributed by atoms with Gasteiger partial charge in [0, 0.05) is 46.0 Å². The van der Waals surface area contributed by atoms with Crippen LogP contribution in [0.3, 0.4) is 0 Å². The van der Waals surface area contributed by atoms with Crippen LogP contribution in [0.2, 0.25) is 0 Å². The van der Waals surface area contributed by atoms with Crippen LogP contribution in [0.4, 0.5) is 0 Å². The predicted molar refractivity (Wildman–Crippen MR) is 137 cm³/mol. The van der Waals surface area contributed by atoms with Crippen molar-refractivity contribution in [3.8, 4) is 11.5 Å². The third kappa shape index (κ3) is 8.99. The van der Waals surface area contributed by atoms with Crippen molar-refractivity contribution in [1.29, 1.82) is 0 Å². The van der Waals surface area contributed by atoms with E-state index in [-0.39, 0.29) is 34.8 Å². The van der Waals surface area contributed by atoms with Gasteiger partial charge in [0.15, 0.2) is 5.96 Å². The molecule has 0 heterocycles. The smallest absolute Gasteiger partial charge is 0.191 e. The van der Waals surface area contributed by atoms with Crippen molar-refractivity contribution < 1.29 is 13.7 Å². The summed E-state index contributed by atoms with van der Waals surface area (Å²) < 4.78 is 23.7. The second-order valence-corrected chi connectivity index (χ2v) is 10.6. The molecule has 2 rings (SSSR count). The third-order valence-electron chi connectivity index (χ3n) is 4.88. The summed E-state index contributed by atoms with van der Waals surface area (Å²) in [6, 6.07) is 5.92. The van der Waals surface area contributed by atoms with Crippen LogP contribution in [0.5, 0.6) is 11.5 Å². The fraction of sp³-hybridized carbons (Fsp3) is 0.682. The summed E-state index contributed by atoms with van der Waals surface area (Å²) in [5, 5.41) is 6.54. The number of nitrogens with one attached hydrogen (secondary N) is 2. The van der Waals surface area contributed by atoms with E-state index in [0.717, 1.165) is 42.4 Å². The summed E-state index contributed by atoms with van der Waals surface area (Å²) in [6.45, 7) is 9.91. The number of hydrogen-bond acceptors (Lipinski definition) is 4. The number of rotatable bonds is 9. The lowest BCUT2D eigenvalue weighted by molar-refractivity contribution is 0.207. The number of benzene rings is 1. The molecule has 1 aliphatic rings. The van der Waals surface area contributed by atoms with Gasteiger partial charge in [-0.05, 0) is 65.5 Å². The molecule has 172 valence electrons. The largest absolute Gasteiger partial charge is 0.497 e. The van der Waals surface area contributed by atoms with Crippen molar-refractivity contribution >= 4 is 40.7 Å². The van der Waals surface area contributed by atoms with E-state index in [1.807, 2.05) is 45.9 Å². The van der Waals surface area contributed by atoms with Crippen LogP contribution in [0, 0.1) is 0 Å². The van der Waals surface area contributed by atoms with Gasteiger partial charge in [-0.2, -0.15) is 0 Å². The number of halogens is 1. The zero-order valence-electron chi connectivity index (χ0n) is 19.0. The Morgan fingerprint density at radius 1 is 1.23 bits per heavy atom. The van der Waals surface area contributed by atoms with Crippen molar-refractivity contribution in [3.05, 3.63) is 23.8 Å². The fourth-order valence-electron chi connectivity index (χ4n) is 3.16. The Hall–Kier alpha value is -1.03. The van der Waals surface area contributed by atoms with Crippen LogP contribution < -0.4 is 20.1 Å². The van der Waals surface area contributed by atoms with Gasteiger partial charge >= 0.3 is 0 Å². The molecule has 2 N–H and O–H groups in total. The second kappa shape index (κ2) is 13.4.